The molecule has 0 fully saturated rings. The van der Waals surface area contributed by atoms with Crippen LogP contribution in [0.4, 0.5) is 13.2 Å². The first kappa shape index (κ1) is 20.2. The molecular weight excluding hydrogens is 393 g/mol. The van der Waals surface area contributed by atoms with E-state index in [-0.39, 0.29) is 12.1 Å². The molecular formula is C18H19F3N4O2S. The quantitative estimate of drug-likeness (QED) is 0.584. The van der Waals surface area contributed by atoms with Crippen LogP contribution >= 0.6 is 11.8 Å². The summed E-state index contributed by atoms with van der Waals surface area (Å²) in [6, 6.07) is 5.23. The fourth-order valence-electron chi connectivity index (χ4n) is 2.95. The van der Waals surface area contributed by atoms with Crippen LogP contribution in [0.2, 0.25) is 0 Å². The number of halogens is 3. The van der Waals surface area contributed by atoms with Crippen LogP contribution in [0.25, 0.3) is 11.2 Å². The summed E-state index contributed by atoms with van der Waals surface area (Å²) in [4.78, 5) is 29.0. The van der Waals surface area contributed by atoms with E-state index in [1.54, 1.807) is 24.7 Å². The Kier molecular flexibility index (Phi) is 5.69. The minimum Gasteiger partial charge on any atom is -0.328 e. The van der Waals surface area contributed by atoms with Gasteiger partial charge in [-0.2, -0.15) is 24.9 Å². The summed E-state index contributed by atoms with van der Waals surface area (Å²) in [5.74, 6) is 1.03. The molecule has 3 rings (SSSR count). The van der Waals surface area contributed by atoms with Gasteiger partial charge >= 0.3 is 11.9 Å². The Morgan fingerprint density at radius 2 is 1.93 bits per heavy atom. The number of hydrogen-bond acceptors (Lipinski definition) is 4. The maximum atomic E-state index is 12.7. The van der Waals surface area contributed by atoms with Gasteiger partial charge in [-0.15, -0.1) is 0 Å². The van der Waals surface area contributed by atoms with E-state index in [0.29, 0.717) is 34.7 Å². The van der Waals surface area contributed by atoms with Gasteiger partial charge in [0, 0.05) is 26.4 Å². The number of hydrogen-bond donors (Lipinski definition) is 0. The predicted octanol–water partition coefficient (Wildman–Crippen LogP) is 2.78. The summed E-state index contributed by atoms with van der Waals surface area (Å²) < 4.78 is 42.3. The highest BCUT2D eigenvalue weighted by molar-refractivity contribution is 7.98. The van der Waals surface area contributed by atoms with E-state index in [2.05, 4.69) is 4.98 Å². The molecule has 0 saturated carbocycles. The van der Waals surface area contributed by atoms with Crippen molar-refractivity contribution in [1.29, 1.82) is 0 Å². The number of aryl methyl sites for hydroxylation is 2. The number of imidazole rings is 1. The highest BCUT2D eigenvalue weighted by Crippen LogP contribution is 2.30. The van der Waals surface area contributed by atoms with E-state index in [1.165, 1.54) is 33.3 Å². The van der Waals surface area contributed by atoms with Crippen LogP contribution in [-0.2, 0) is 32.6 Å². The Balaban J connectivity index is 1.63. The molecule has 3 aromatic rings. The van der Waals surface area contributed by atoms with Gasteiger partial charge in [0.25, 0.3) is 5.56 Å². The molecule has 0 saturated heterocycles. The molecule has 2 aromatic heterocycles. The van der Waals surface area contributed by atoms with Gasteiger partial charge in [-0.3, -0.25) is 13.9 Å². The minimum absolute atomic E-state index is 0.238. The van der Waals surface area contributed by atoms with Crippen molar-refractivity contribution in [3.8, 4) is 0 Å². The molecule has 0 atom stereocenters. The molecule has 0 bridgehead atoms. The van der Waals surface area contributed by atoms with Crippen LogP contribution in [0.3, 0.4) is 0 Å². The second-order valence-corrected chi connectivity index (χ2v) is 7.54. The predicted molar refractivity (Wildman–Crippen MR) is 102 cm³/mol. The van der Waals surface area contributed by atoms with E-state index in [1.807, 2.05) is 0 Å². The zero-order chi connectivity index (χ0) is 20.5. The average Bonchev–Trinajstić information content (AvgIpc) is 3.03. The summed E-state index contributed by atoms with van der Waals surface area (Å²) >= 11 is 1.46. The number of thioether (sulfide) groups is 1. The molecule has 0 amide bonds. The highest BCUT2D eigenvalue weighted by Gasteiger charge is 2.30. The lowest BCUT2D eigenvalue weighted by molar-refractivity contribution is -0.137. The average molecular weight is 412 g/mol. The lowest BCUT2D eigenvalue weighted by atomic mass is 10.1. The fourth-order valence-corrected chi connectivity index (χ4v) is 3.84. The highest BCUT2D eigenvalue weighted by atomic mass is 32.2. The Hall–Kier alpha value is -2.49. The first-order valence-electron chi connectivity index (χ1n) is 8.55. The van der Waals surface area contributed by atoms with Gasteiger partial charge in [0.2, 0.25) is 0 Å². The largest absolute Gasteiger partial charge is 0.416 e. The van der Waals surface area contributed by atoms with Gasteiger partial charge in [-0.25, -0.2) is 9.78 Å². The molecule has 0 radical (unpaired) electrons. The number of alkyl halides is 3. The zero-order valence-corrected chi connectivity index (χ0v) is 16.2. The van der Waals surface area contributed by atoms with Crippen molar-refractivity contribution in [3.63, 3.8) is 0 Å². The van der Waals surface area contributed by atoms with Gasteiger partial charge in [-0.1, -0.05) is 18.2 Å². The number of fused-ring (bicyclic) bond motifs is 1. The molecule has 28 heavy (non-hydrogen) atoms. The summed E-state index contributed by atoms with van der Waals surface area (Å²) in [7, 11) is 3.26. The molecule has 6 nitrogen and oxygen atoms in total. The van der Waals surface area contributed by atoms with Gasteiger partial charge in [0.15, 0.2) is 11.2 Å². The second kappa shape index (κ2) is 7.86. The molecule has 0 aliphatic rings. The molecule has 0 aliphatic heterocycles. The smallest absolute Gasteiger partial charge is 0.328 e. The molecule has 0 spiro atoms. The summed E-state index contributed by atoms with van der Waals surface area (Å²) in [6.07, 6.45) is -2.32. The molecule has 2 heterocycles. The summed E-state index contributed by atoms with van der Waals surface area (Å²) in [6.45, 7) is 0.238. The summed E-state index contributed by atoms with van der Waals surface area (Å²) in [5, 5.41) is 0. The van der Waals surface area contributed by atoms with Crippen LogP contribution in [0.15, 0.2) is 40.2 Å². The van der Waals surface area contributed by atoms with Gasteiger partial charge in [0.05, 0.1) is 11.9 Å². The van der Waals surface area contributed by atoms with Crippen molar-refractivity contribution in [3.05, 3.63) is 62.6 Å². The van der Waals surface area contributed by atoms with E-state index < -0.39 is 17.4 Å². The van der Waals surface area contributed by atoms with Gasteiger partial charge < -0.3 is 4.57 Å². The Bertz CT molecular complexity index is 1110. The zero-order valence-electron chi connectivity index (χ0n) is 15.4. The molecule has 0 unspecified atom stereocenters. The van der Waals surface area contributed by atoms with E-state index in [9.17, 15) is 22.8 Å². The third-order valence-corrected chi connectivity index (χ3v) is 5.51. The standard InChI is InChI=1S/C18H19F3N4O2S/c1-23-11-22-15-14(23)16(26)25(17(27)24(15)2)7-4-8-28-10-12-5-3-6-13(9-12)18(19,20)21/h3,5-6,9,11H,4,7-8,10H2,1-2H3. The monoisotopic (exact) mass is 412 g/mol. The van der Waals surface area contributed by atoms with Crippen LogP contribution in [0.1, 0.15) is 17.5 Å². The van der Waals surface area contributed by atoms with Crippen molar-refractivity contribution in [1.82, 2.24) is 18.7 Å². The van der Waals surface area contributed by atoms with Crippen LogP contribution in [0, 0.1) is 0 Å². The van der Waals surface area contributed by atoms with Crippen molar-refractivity contribution in [2.75, 3.05) is 5.75 Å². The Morgan fingerprint density at radius 1 is 1.18 bits per heavy atom. The SMILES string of the molecule is Cn1cnc2c1c(=O)n(CCCSCc1cccc(C(F)(F)F)c1)c(=O)n2C. The fraction of sp³-hybridized carbons (Fsp3) is 0.389. The third-order valence-electron chi connectivity index (χ3n) is 4.39. The molecule has 0 N–H and O–H groups in total. The molecule has 0 aliphatic carbocycles. The molecule has 1 aromatic carbocycles. The van der Waals surface area contributed by atoms with Crippen LogP contribution in [-0.4, -0.2) is 24.4 Å². The Morgan fingerprint density at radius 3 is 2.64 bits per heavy atom. The maximum Gasteiger partial charge on any atom is 0.416 e. The molecule has 10 heteroatoms. The Labute approximate surface area is 162 Å². The number of rotatable bonds is 6. The van der Waals surface area contributed by atoms with Crippen molar-refractivity contribution >= 4 is 22.9 Å². The van der Waals surface area contributed by atoms with Gasteiger partial charge in [-0.05, 0) is 23.8 Å². The van der Waals surface area contributed by atoms with Crippen LogP contribution < -0.4 is 11.2 Å². The van der Waals surface area contributed by atoms with Gasteiger partial charge in [0.1, 0.15) is 0 Å². The first-order valence-corrected chi connectivity index (χ1v) is 9.70. The van der Waals surface area contributed by atoms with Crippen molar-refractivity contribution in [2.24, 2.45) is 14.1 Å². The van der Waals surface area contributed by atoms with E-state index >= 15 is 0 Å². The topological polar surface area (TPSA) is 61.8 Å². The first-order chi connectivity index (χ1) is 13.2. The van der Waals surface area contributed by atoms with E-state index in [4.69, 9.17) is 0 Å². The minimum atomic E-state index is -4.35. The number of aromatic nitrogens is 4. The third kappa shape index (κ3) is 4.01. The lowest BCUT2D eigenvalue weighted by Gasteiger charge is -2.10. The summed E-state index contributed by atoms with van der Waals surface area (Å²) in [5.41, 5.74) is -0.194. The lowest BCUT2D eigenvalue weighted by Crippen LogP contribution is -2.39. The second-order valence-electron chi connectivity index (χ2n) is 6.43. The number of nitrogens with zero attached hydrogens (tertiary/aromatic N) is 4. The normalized spacial score (nSPS) is 12.0. The van der Waals surface area contributed by atoms with Crippen molar-refractivity contribution in [2.45, 2.75) is 24.9 Å². The molecule has 150 valence electrons. The number of benzene rings is 1. The maximum absolute atomic E-state index is 12.7. The van der Waals surface area contributed by atoms with Crippen molar-refractivity contribution < 1.29 is 13.2 Å². The van der Waals surface area contributed by atoms with E-state index in [0.717, 1.165) is 12.1 Å². The van der Waals surface area contributed by atoms with Crippen LogP contribution in [0.5, 0.6) is 0 Å².